The lowest BCUT2D eigenvalue weighted by atomic mass is 9.80. The Labute approximate surface area is 223 Å². The topological polar surface area (TPSA) is 102 Å². The summed E-state index contributed by atoms with van der Waals surface area (Å²) in [6.45, 7) is 10.7. The van der Waals surface area contributed by atoms with Gasteiger partial charge in [-0.3, -0.25) is 14.4 Å². The number of likely N-dealkylation sites (tertiary alicyclic amines) is 2. The van der Waals surface area contributed by atoms with E-state index in [4.69, 9.17) is 15.2 Å². The van der Waals surface area contributed by atoms with Crippen molar-refractivity contribution in [1.29, 1.82) is 0 Å². The Kier molecular flexibility index (Phi) is 9.21. The molecule has 0 aromatic carbocycles. The van der Waals surface area contributed by atoms with Crippen LogP contribution in [-0.2, 0) is 23.9 Å². The fourth-order valence-corrected chi connectivity index (χ4v) is 6.55. The maximum atomic E-state index is 12.2. The average Bonchev–Trinajstić information content (AvgIpc) is 3.28. The summed E-state index contributed by atoms with van der Waals surface area (Å²) >= 11 is 0. The third-order valence-electron chi connectivity index (χ3n) is 9.33. The second-order valence-electron chi connectivity index (χ2n) is 12.9. The zero-order valence-electron chi connectivity index (χ0n) is 23.3. The van der Waals surface area contributed by atoms with Crippen molar-refractivity contribution in [2.45, 2.75) is 103 Å². The molecule has 3 unspecified atom stereocenters. The maximum absolute atomic E-state index is 12.2. The van der Waals surface area contributed by atoms with Crippen LogP contribution in [0.3, 0.4) is 0 Å². The molecular weight excluding hydrogens is 470 g/mol. The van der Waals surface area contributed by atoms with Gasteiger partial charge < -0.3 is 25.0 Å². The molecule has 2 N–H and O–H groups in total. The number of piperidine rings is 1. The summed E-state index contributed by atoms with van der Waals surface area (Å²) in [7, 11) is 0. The van der Waals surface area contributed by atoms with Gasteiger partial charge in [-0.25, -0.2) is 0 Å². The fourth-order valence-electron chi connectivity index (χ4n) is 6.55. The van der Waals surface area contributed by atoms with Crippen molar-refractivity contribution in [1.82, 2.24) is 9.80 Å². The number of nitrogens with two attached hydrogens (primary N) is 1. The molecule has 5 rings (SSSR count). The second-order valence-corrected chi connectivity index (χ2v) is 12.9. The maximum Gasteiger partial charge on any atom is 0.226 e. The molecule has 2 saturated carbocycles. The van der Waals surface area contributed by atoms with Crippen molar-refractivity contribution in [3.05, 3.63) is 0 Å². The van der Waals surface area contributed by atoms with E-state index in [0.717, 1.165) is 32.0 Å². The van der Waals surface area contributed by atoms with Gasteiger partial charge in [0.15, 0.2) is 0 Å². The lowest BCUT2D eigenvalue weighted by Crippen LogP contribution is -2.68. The summed E-state index contributed by atoms with van der Waals surface area (Å²) in [5.74, 6) is 0.866. The lowest BCUT2D eigenvalue weighted by molar-refractivity contribution is -0.170. The first-order valence-corrected chi connectivity index (χ1v) is 14.7. The van der Waals surface area contributed by atoms with Gasteiger partial charge in [0.05, 0.1) is 31.5 Å². The van der Waals surface area contributed by atoms with Crippen LogP contribution in [0.25, 0.3) is 0 Å². The Balaban J connectivity index is 0.000000173. The number of nitrogens with zero attached hydrogens (tertiary/aromatic N) is 2. The fraction of sp³-hybridized carbons (Fsp3) is 0.897. The number of carbonyl (C=O) groups excluding carboxylic acids is 3. The van der Waals surface area contributed by atoms with Crippen LogP contribution in [-0.4, -0.2) is 78.6 Å². The predicted molar refractivity (Wildman–Crippen MR) is 141 cm³/mol. The molecule has 5 aliphatic rings. The number of carbonyl (C=O) groups is 3. The molecule has 3 heterocycles. The van der Waals surface area contributed by atoms with E-state index >= 15 is 0 Å². The van der Waals surface area contributed by atoms with Gasteiger partial charge in [-0.2, -0.15) is 0 Å². The molecule has 0 aromatic heterocycles. The quantitative estimate of drug-likeness (QED) is 0.555. The minimum Gasteiger partial charge on any atom is -0.378 e. The third-order valence-corrected chi connectivity index (χ3v) is 9.33. The van der Waals surface area contributed by atoms with Crippen LogP contribution in [0.15, 0.2) is 0 Å². The van der Waals surface area contributed by atoms with Crippen LogP contribution in [0.4, 0.5) is 0 Å². The minimum absolute atomic E-state index is 0.0800. The highest BCUT2D eigenvalue weighted by Crippen LogP contribution is 2.53. The summed E-state index contributed by atoms with van der Waals surface area (Å²) in [6, 6.07) is 0. The normalized spacial score (nSPS) is 29.2. The van der Waals surface area contributed by atoms with Gasteiger partial charge in [0.1, 0.15) is 5.60 Å². The molecule has 2 aliphatic carbocycles. The Morgan fingerprint density at radius 3 is 2.16 bits per heavy atom. The van der Waals surface area contributed by atoms with Crippen molar-refractivity contribution >= 4 is 17.7 Å². The molecule has 3 saturated heterocycles. The molecular formula is C29H49N3O5. The molecule has 3 atom stereocenters. The van der Waals surface area contributed by atoms with Crippen molar-refractivity contribution in [2.75, 3.05) is 39.4 Å². The van der Waals surface area contributed by atoms with Gasteiger partial charge in [0.2, 0.25) is 17.7 Å². The van der Waals surface area contributed by atoms with Crippen LogP contribution in [0.5, 0.6) is 0 Å². The molecule has 210 valence electrons. The molecule has 37 heavy (non-hydrogen) atoms. The minimum atomic E-state index is -0.472. The number of hydrogen-bond donors (Lipinski definition) is 1. The molecule has 8 heteroatoms. The van der Waals surface area contributed by atoms with E-state index in [1.165, 1.54) is 51.4 Å². The van der Waals surface area contributed by atoms with Crippen LogP contribution in [0.1, 0.15) is 91.4 Å². The molecule has 5 fully saturated rings. The van der Waals surface area contributed by atoms with Crippen LogP contribution >= 0.6 is 0 Å². The number of hydrogen-bond acceptors (Lipinski definition) is 5. The third kappa shape index (κ3) is 7.05. The van der Waals surface area contributed by atoms with Crippen molar-refractivity contribution in [3.8, 4) is 0 Å². The molecule has 0 radical (unpaired) electrons. The first kappa shape index (κ1) is 28.3. The Hall–Kier alpha value is -1.67. The van der Waals surface area contributed by atoms with E-state index < -0.39 is 5.60 Å². The first-order chi connectivity index (χ1) is 17.6. The molecule has 0 bridgehead atoms. The van der Waals surface area contributed by atoms with E-state index in [0.29, 0.717) is 32.5 Å². The molecule has 8 nitrogen and oxygen atoms in total. The Morgan fingerprint density at radius 2 is 1.57 bits per heavy atom. The van der Waals surface area contributed by atoms with Gasteiger partial charge >= 0.3 is 0 Å². The summed E-state index contributed by atoms with van der Waals surface area (Å²) in [6.07, 6.45) is 12.6. The predicted octanol–water partition coefficient (Wildman–Crippen LogP) is 3.51. The zero-order chi connectivity index (χ0) is 26.6. The number of primary amides is 1. The largest absolute Gasteiger partial charge is 0.378 e. The number of amides is 3. The van der Waals surface area contributed by atoms with Gasteiger partial charge in [-0.1, -0.05) is 33.1 Å². The van der Waals surface area contributed by atoms with Crippen molar-refractivity contribution < 1.29 is 23.9 Å². The van der Waals surface area contributed by atoms with Crippen LogP contribution < -0.4 is 5.73 Å². The standard InChI is InChI=1S/C16H29NO2.C13H20N2O3/c1-14(19-13-15-8-4-2-5-9-15)12-16(18)17-10-6-3-7-11-17;1-12(2)5-9(12)11(17)15-6-13(7-15)8(10(14)16)3-4-18-13/h14-15H,2-13H2,1H3;8-9H,3-7H2,1-2H3,(H2,14,16). The van der Waals surface area contributed by atoms with Crippen molar-refractivity contribution in [3.63, 3.8) is 0 Å². The SMILES string of the molecule is CC(CC(=O)N1CCCCC1)OCC1CCCCC1.CC1(C)CC1C(=O)N1CC2(C1)OCCC2C(N)=O. The van der Waals surface area contributed by atoms with E-state index in [-0.39, 0.29) is 41.1 Å². The second kappa shape index (κ2) is 12.0. The summed E-state index contributed by atoms with van der Waals surface area (Å²) in [5.41, 5.74) is 5.08. The smallest absolute Gasteiger partial charge is 0.226 e. The van der Waals surface area contributed by atoms with Gasteiger partial charge in [0, 0.05) is 32.2 Å². The summed E-state index contributed by atoms with van der Waals surface area (Å²) < 4.78 is 11.6. The molecule has 3 amide bonds. The number of rotatable bonds is 7. The average molecular weight is 520 g/mol. The summed E-state index contributed by atoms with van der Waals surface area (Å²) in [4.78, 5) is 39.5. The van der Waals surface area contributed by atoms with E-state index in [9.17, 15) is 14.4 Å². The molecule has 1 spiro atoms. The highest BCUT2D eigenvalue weighted by molar-refractivity contribution is 5.85. The van der Waals surface area contributed by atoms with Crippen LogP contribution in [0.2, 0.25) is 0 Å². The van der Waals surface area contributed by atoms with E-state index in [2.05, 4.69) is 13.8 Å². The monoisotopic (exact) mass is 519 g/mol. The summed E-state index contributed by atoms with van der Waals surface area (Å²) in [5, 5.41) is 0. The molecule has 3 aliphatic heterocycles. The van der Waals surface area contributed by atoms with E-state index in [1.807, 2.05) is 16.7 Å². The molecule has 0 aromatic rings. The number of ether oxygens (including phenoxy) is 2. The Bertz CT molecular complexity index is 812. The highest BCUT2D eigenvalue weighted by Gasteiger charge is 2.60. The zero-order valence-corrected chi connectivity index (χ0v) is 23.3. The highest BCUT2D eigenvalue weighted by atomic mass is 16.5. The Morgan fingerprint density at radius 1 is 0.946 bits per heavy atom. The lowest BCUT2D eigenvalue weighted by Gasteiger charge is -2.49. The van der Waals surface area contributed by atoms with Gasteiger partial charge in [0.25, 0.3) is 0 Å². The van der Waals surface area contributed by atoms with Crippen molar-refractivity contribution in [2.24, 2.45) is 28.9 Å². The van der Waals surface area contributed by atoms with Gasteiger partial charge in [-0.15, -0.1) is 0 Å². The van der Waals surface area contributed by atoms with Gasteiger partial charge in [-0.05, 0) is 63.2 Å². The first-order valence-electron chi connectivity index (χ1n) is 14.7. The van der Waals surface area contributed by atoms with E-state index in [1.54, 1.807) is 0 Å². The van der Waals surface area contributed by atoms with Crippen LogP contribution in [0, 0.1) is 23.2 Å².